The Morgan fingerprint density at radius 1 is 1.19 bits per heavy atom. The molecule has 0 aliphatic rings. The van der Waals surface area contributed by atoms with Gasteiger partial charge in [-0.3, -0.25) is 4.21 Å². The highest BCUT2D eigenvalue weighted by molar-refractivity contribution is 7.83. The number of carbonyl (C=O) groups is 1. The van der Waals surface area contributed by atoms with Crippen LogP contribution in [-0.4, -0.2) is 15.3 Å². The molecule has 1 unspecified atom stereocenters. The van der Waals surface area contributed by atoms with Crippen LogP contribution in [-0.2, 0) is 22.3 Å². The maximum atomic E-state index is 13.6. The molecule has 0 spiro atoms. The lowest BCUT2D eigenvalue weighted by molar-refractivity contribution is 0.0692. The predicted molar refractivity (Wildman–Crippen MR) is 80.1 cm³/mol. The second kappa shape index (κ2) is 6.63. The number of aromatic carboxylic acids is 1. The molecule has 21 heavy (non-hydrogen) atoms. The summed E-state index contributed by atoms with van der Waals surface area (Å²) in [4.78, 5) is 10.7. The Morgan fingerprint density at radius 3 is 2.52 bits per heavy atom. The van der Waals surface area contributed by atoms with Gasteiger partial charge in [-0.05, 0) is 35.7 Å². The SMILES string of the molecule is Cc1ccccc1CS(=O)Cc1ccc(C(=O)O)c(F)c1. The molecule has 3 nitrogen and oxygen atoms in total. The van der Waals surface area contributed by atoms with Crippen molar-refractivity contribution in [3.63, 3.8) is 0 Å². The van der Waals surface area contributed by atoms with Crippen molar-refractivity contribution in [2.24, 2.45) is 0 Å². The molecule has 2 aromatic carbocycles. The summed E-state index contributed by atoms with van der Waals surface area (Å²) in [5, 5.41) is 8.76. The Bertz CT molecular complexity index is 698. The van der Waals surface area contributed by atoms with E-state index in [1.54, 1.807) is 0 Å². The number of carboxylic acids is 1. The van der Waals surface area contributed by atoms with Crippen LogP contribution in [0, 0.1) is 12.7 Å². The van der Waals surface area contributed by atoms with Crippen LogP contribution in [0.2, 0.25) is 0 Å². The maximum Gasteiger partial charge on any atom is 0.338 e. The Labute approximate surface area is 124 Å². The number of hydrogen-bond acceptors (Lipinski definition) is 2. The van der Waals surface area contributed by atoms with Crippen molar-refractivity contribution in [2.45, 2.75) is 18.4 Å². The Morgan fingerprint density at radius 2 is 1.90 bits per heavy atom. The minimum Gasteiger partial charge on any atom is -0.478 e. The molecular weight excluding hydrogens is 291 g/mol. The van der Waals surface area contributed by atoms with E-state index in [0.29, 0.717) is 11.3 Å². The summed E-state index contributed by atoms with van der Waals surface area (Å²) in [5.41, 5.74) is 2.23. The molecule has 2 aromatic rings. The van der Waals surface area contributed by atoms with E-state index < -0.39 is 22.6 Å². The molecule has 0 radical (unpaired) electrons. The summed E-state index contributed by atoms with van der Waals surface area (Å²) in [6, 6.07) is 11.5. The number of hydrogen-bond donors (Lipinski definition) is 1. The van der Waals surface area contributed by atoms with Gasteiger partial charge >= 0.3 is 5.97 Å². The van der Waals surface area contributed by atoms with Crippen molar-refractivity contribution in [2.75, 3.05) is 0 Å². The molecule has 2 rings (SSSR count). The second-order valence-corrected chi connectivity index (χ2v) is 6.23. The molecule has 0 bridgehead atoms. The molecule has 0 saturated heterocycles. The van der Waals surface area contributed by atoms with E-state index in [4.69, 9.17) is 5.11 Å². The van der Waals surface area contributed by atoms with Crippen molar-refractivity contribution in [1.82, 2.24) is 0 Å². The lowest BCUT2D eigenvalue weighted by Gasteiger charge is -2.07. The molecule has 110 valence electrons. The molecule has 0 fully saturated rings. The van der Waals surface area contributed by atoms with Gasteiger partial charge in [0.15, 0.2) is 0 Å². The van der Waals surface area contributed by atoms with E-state index >= 15 is 0 Å². The lowest BCUT2D eigenvalue weighted by Crippen LogP contribution is -2.04. The average molecular weight is 306 g/mol. The zero-order chi connectivity index (χ0) is 15.4. The van der Waals surface area contributed by atoms with Crippen molar-refractivity contribution in [1.29, 1.82) is 0 Å². The second-order valence-electron chi connectivity index (χ2n) is 4.77. The fourth-order valence-corrected chi connectivity index (χ4v) is 3.33. The van der Waals surface area contributed by atoms with Gasteiger partial charge in [-0.1, -0.05) is 30.3 Å². The van der Waals surface area contributed by atoms with E-state index in [2.05, 4.69) is 0 Å². The molecule has 1 N–H and O–H groups in total. The molecule has 0 amide bonds. The summed E-state index contributed by atoms with van der Waals surface area (Å²) in [6.45, 7) is 1.95. The van der Waals surface area contributed by atoms with Gasteiger partial charge in [0.05, 0.1) is 5.56 Å². The van der Waals surface area contributed by atoms with Gasteiger partial charge in [0.1, 0.15) is 5.82 Å². The quantitative estimate of drug-likeness (QED) is 0.922. The van der Waals surface area contributed by atoms with Gasteiger partial charge in [0, 0.05) is 22.3 Å². The molecule has 0 heterocycles. The highest BCUT2D eigenvalue weighted by Gasteiger charge is 2.12. The summed E-state index contributed by atoms with van der Waals surface area (Å²) < 4.78 is 25.7. The van der Waals surface area contributed by atoms with Crippen molar-refractivity contribution >= 4 is 16.8 Å². The largest absolute Gasteiger partial charge is 0.478 e. The summed E-state index contributed by atoms with van der Waals surface area (Å²) in [7, 11) is -1.17. The maximum absolute atomic E-state index is 13.6. The highest BCUT2D eigenvalue weighted by atomic mass is 32.2. The minimum absolute atomic E-state index is 0.200. The first-order valence-corrected chi connectivity index (χ1v) is 7.87. The van der Waals surface area contributed by atoms with Crippen molar-refractivity contribution in [3.05, 3.63) is 70.5 Å². The molecule has 0 saturated carbocycles. The molecule has 5 heteroatoms. The Balaban J connectivity index is 2.08. The van der Waals surface area contributed by atoms with Gasteiger partial charge in [0.2, 0.25) is 0 Å². The predicted octanol–water partition coefficient (Wildman–Crippen LogP) is 3.28. The number of benzene rings is 2. The van der Waals surface area contributed by atoms with Crippen molar-refractivity contribution in [3.8, 4) is 0 Å². The first kappa shape index (κ1) is 15.4. The number of carboxylic acid groups (broad SMARTS) is 1. The summed E-state index contributed by atoms with van der Waals surface area (Å²) >= 11 is 0. The van der Waals surface area contributed by atoms with Gasteiger partial charge in [0.25, 0.3) is 0 Å². The van der Waals surface area contributed by atoms with Crippen LogP contribution in [0.3, 0.4) is 0 Å². The number of rotatable bonds is 5. The van der Waals surface area contributed by atoms with Gasteiger partial charge in [-0.15, -0.1) is 0 Å². The highest BCUT2D eigenvalue weighted by Crippen LogP contribution is 2.15. The third kappa shape index (κ3) is 3.98. The van der Waals surface area contributed by atoms with Crippen LogP contribution in [0.15, 0.2) is 42.5 Å². The zero-order valence-corrected chi connectivity index (χ0v) is 12.3. The Kier molecular flexibility index (Phi) is 4.85. The minimum atomic E-state index is -1.31. The third-order valence-electron chi connectivity index (χ3n) is 3.17. The van der Waals surface area contributed by atoms with E-state index in [1.807, 2.05) is 31.2 Å². The first-order valence-electron chi connectivity index (χ1n) is 6.38. The van der Waals surface area contributed by atoms with Gasteiger partial charge in [-0.2, -0.15) is 0 Å². The van der Waals surface area contributed by atoms with Crippen LogP contribution < -0.4 is 0 Å². The molecule has 0 aliphatic carbocycles. The lowest BCUT2D eigenvalue weighted by atomic mass is 10.1. The smallest absolute Gasteiger partial charge is 0.338 e. The van der Waals surface area contributed by atoms with E-state index in [0.717, 1.165) is 17.2 Å². The zero-order valence-electron chi connectivity index (χ0n) is 11.5. The number of halogens is 1. The normalized spacial score (nSPS) is 12.1. The number of aryl methyl sites for hydroxylation is 1. The fraction of sp³-hybridized carbons (Fsp3) is 0.188. The molecule has 0 aliphatic heterocycles. The van der Waals surface area contributed by atoms with Gasteiger partial charge in [-0.25, -0.2) is 9.18 Å². The molecule has 0 aromatic heterocycles. The first-order chi connectivity index (χ1) is 9.97. The van der Waals surface area contributed by atoms with Crippen LogP contribution in [0.1, 0.15) is 27.0 Å². The van der Waals surface area contributed by atoms with Crippen LogP contribution in [0.5, 0.6) is 0 Å². The Hall–Kier alpha value is -2.01. The summed E-state index contributed by atoms with van der Waals surface area (Å²) in [6.07, 6.45) is 0. The van der Waals surface area contributed by atoms with Crippen LogP contribution in [0.25, 0.3) is 0 Å². The standard InChI is InChI=1S/C16H15FO3S/c1-11-4-2-3-5-13(11)10-21(20)9-12-6-7-14(16(18)19)15(17)8-12/h2-8H,9-10H2,1H3,(H,18,19). The summed E-state index contributed by atoms with van der Waals surface area (Å²) in [5.74, 6) is -1.51. The fourth-order valence-electron chi connectivity index (χ4n) is 2.00. The van der Waals surface area contributed by atoms with Gasteiger partial charge < -0.3 is 5.11 Å². The third-order valence-corrected chi connectivity index (χ3v) is 4.46. The average Bonchev–Trinajstić information content (AvgIpc) is 2.41. The van der Waals surface area contributed by atoms with E-state index in [9.17, 15) is 13.4 Å². The van der Waals surface area contributed by atoms with Crippen LogP contribution >= 0.6 is 0 Å². The van der Waals surface area contributed by atoms with Crippen molar-refractivity contribution < 1.29 is 18.5 Å². The monoisotopic (exact) mass is 306 g/mol. The van der Waals surface area contributed by atoms with Crippen LogP contribution in [0.4, 0.5) is 4.39 Å². The molecular formula is C16H15FO3S. The van der Waals surface area contributed by atoms with E-state index in [1.165, 1.54) is 12.1 Å². The topological polar surface area (TPSA) is 54.4 Å². The molecule has 1 atom stereocenters. The van der Waals surface area contributed by atoms with E-state index in [-0.39, 0.29) is 11.3 Å².